The average molecular weight is 436 g/mol. The van der Waals surface area contributed by atoms with Crippen LogP contribution in [0.4, 0.5) is 0 Å². The summed E-state index contributed by atoms with van der Waals surface area (Å²) in [6.45, 7) is 3.46. The number of carbonyl (C=O) groups is 1. The summed E-state index contributed by atoms with van der Waals surface area (Å²) in [7, 11) is 3.20. The maximum absolute atomic E-state index is 13.1. The normalized spacial score (nSPS) is 15.5. The molecule has 32 heavy (non-hydrogen) atoms. The fraction of sp³-hybridized carbons (Fsp3) is 0.423. The van der Waals surface area contributed by atoms with Gasteiger partial charge in [-0.05, 0) is 68.4 Å². The van der Waals surface area contributed by atoms with Gasteiger partial charge in [0.05, 0.1) is 14.2 Å². The number of nitrogens with two attached hydrogens (primary N) is 1. The topological polar surface area (TPSA) is 80.6 Å². The summed E-state index contributed by atoms with van der Waals surface area (Å²) in [5.74, 6) is 1.29. The Morgan fingerprint density at radius 2 is 1.88 bits per heavy atom. The van der Waals surface area contributed by atoms with Crippen molar-refractivity contribution in [3.8, 4) is 11.5 Å². The average Bonchev–Trinajstić information content (AvgIpc) is 3.21. The maximum atomic E-state index is 13.1. The van der Waals surface area contributed by atoms with E-state index in [0.717, 1.165) is 37.7 Å². The van der Waals surface area contributed by atoms with Crippen molar-refractivity contribution in [1.82, 2.24) is 9.88 Å². The van der Waals surface area contributed by atoms with Crippen LogP contribution in [0.1, 0.15) is 47.7 Å². The van der Waals surface area contributed by atoms with Gasteiger partial charge in [0.25, 0.3) is 5.91 Å². The molecule has 0 bridgehead atoms. The molecule has 0 saturated heterocycles. The molecule has 3 N–H and O–H groups in total. The Labute approximate surface area is 189 Å². The summed E-state index contributed by atoms with van der Waals surface area (Å²) in [6.07, 6.45) is 6.61. The number of rotatable bonds is 9. The fourth-order valence-electron chi connectivity index (χ4n) is 4.60. The molecular formula is C26H33N3O3. The molecule has 0 spiro atoms. The van der Waals surface area contributed by atoms with Crippen molar-refractivity contribution in [3.05, 3.63) is 59.3 Å². The van der Waals surface area contributed by atoms with E-state index in [4.69, 9.17) is 15.2 Å². The molecule has 170 valence electrons. The Bertz CT molecular complexity index is 1100. The number of para-hydroxylation sites is 1. The van der Waals surface area contributed by atoms with Crippen molar-refractivity contribution in [2.24, 2.45) is 5.73 Å². The first-order chi connectivity index (χ1) is 15.4. The minimum Gasteiger partial charge on any atom is -0.493 e. The van der Waals surface area contributed by atoms with Crippen LogP contribution < -0.4 is 15.2 Å². The summed E-state index contributed by atoms with van der Waals surface area (Å²) in [4.78, 5) is 18.3. The van der Waals surface area contributed by atoms with Gasteiger partial charge in [0.15, 0.2) is 11.5 Å². The number of H-pyrrole nitrogens is 1. The molecule has 0 aliphatic carbocycles. The summed E-state index contributed by atoms with van der Waals surface area (Å²) in [5.41, 5.74) is 10.5. The largest absolute Gasteiger partial charge is 0.493 e. The molecule has 0 radical (unpaired) electrons. The molecule has 6 nitrogen and oxygen atoms in total. The molecule has 4 rings (SSSR count). The van der Waals surface area contributed by atoms with E-state index in [1.54, 1.807) is 20.3 Å². The Balaban J connectivity index is 1.33. The number of aromatic amines is 1. The van der Waals surface area contributed by atoms with Crippen LogP contribution in [-0.4, -0.2) is 48.6 Å². The molecule has 3 aromatic rings. The van der Waals surface area contributed by atoms with Gasteiger partial charge in [0, 0.05) is 41.3 Å². The zero-order chi connectivity index (χ0) is 22.7. The van der Waals surface area contributed by atoms with Crippen molar-refractivity contribution < 1.29 is 14.3 Å². The Morgan fingerprint density at radius 3 is 2.66 bits per heavy atom. The second kappa shape index (κ2) is 9.25. The number of carbonyl (C=O) groups excluding carboxylic acids is 1. The van der Waals surface area contributed by atoms with Gasteiger partial charge in [-0.15, -0.1) is 0 Å². The molecule has 2 heterocycles. The predicted molar refractivity (Wildman–Crippen MR) is 128 cm³/mol. The second-order valence-corrected chi connectivity index (χ2v) is 9.02. The molecule has 6 heteroatoms. The number of nitrogens with zero attached hydrogens (tertiary/aromatic N) is 1. The molecule has 1 amide bonds. The summed E-state index contributed by atoms with van der Waals surface area (Å²) in [5, 5.41) is 1.29. The van der Waals surface area contributed by atoms with Gasteiger partial charge >= 0.3 is 0 Å². The second-order valence-electron chi connectivity index (χ2n) is 9.02. The monoisotopic (exact) mass is 435 g/mol. The number of aryl methyl sites for hydroxylation is 1. The van der Waals surface area contributed by atoms with Crippen molar-refractivity contribution in [2.45, 2.75) is 44.6 Å². The van der Waals surface area contributed by atoms with E-state index < -0.39 is 0 Å². The van der Waals surface area contributed by atoms with E-state index in [0.29, 0.717) is 30.2 Å². The smallest absolute Gasteiger partial charge is 0.254 e. The molecule has 1 aromatic heterocycles. The third-order valence-electron chi connectivity index (χ3n) is 6.60. The van der Waals surface area contributed by atoms with Crippen LogP contribution >= 0.6 is 0 Å². The molecule has 1 aliphatic heterocycles. The van der Waals surface area contributed by atoms with Gasteiger partial charge in [-0.25, -0.2) is 0 Å². The van der Waals surface area contributed by atoms with Gasteiger partial charge in [-0.2, -0.15) is 0 Å². The third-order valence-corrected chi connectivity index (χ3v) is 6.60. The van der Waals surface area contributed by atoms with E-state index in [1.165, 1.54) is 16.5 Å². The van der Waals surface area contributed by atoms with Gasteiger partial charge in [-0.3, -0.25) is 4.79 Å². The van der Waals surface area contributed by atoms with E-state index in [2.05, 4.69) is 36.3 Å². The number of ether oxygens (including phenoxy) is 2. The maximum Gasteiger partial charge on any atom is 0.254 e. The minimum absolute atomic E-state index is 0.0433. The van der Waals surface area contributed by atoms with E-state index in [-0.39, 0.29) is 11.4 Å². The fourth-order valence-corrected chi connectivity index (χ4v) is 4.60. The first-order valence-electron chi connectivity index (χ1n) is 11.3. The van der Waals surface area contributed by atoms with Gasteiger partial charge < -0.3 is 25.1 Å². The lowest BCUT2D eigenvalue weighted by atomic mass is 9.90. The third kappa shape index (κ3) is 4.60. The molecule has 1 atom stereocenters. The Morgan fingerprint density at radius 1 is 1.12 bits per heavy atom. The molecule has 2 aromatic carbocycles. The SMILES string of the molecule is COc1cc2c(cc1OC)C(=O)N(CCC(C)(N)CCCc1c[nH]c3ccccc13)CC2. The summed E-state index contributed by atoms with van der Waals surface area (Å²) in [6, 6.07) is 12.1. The van der Waals surface area contributed by atoms with E-state index in [1.807, 2.05) is 17.0 Å². The van der Waals surface area contributed by atoms with Crippen molar-refractivity contribution in [1.29, 1.82) is 0 Å². The number of hydrogen-bond acceptors (Lipinski definition) is 4. The van der Waals surface area contributed by atoms with E-state index in [9.17, 15) is 4.79 Å². The Hall–Kier alpha value is -2.99. The highest BCUT2D eigenvalue weighted by molar-refractivity contribution is 5.97. The Kier molecular flexibility index (Phi) is 6.42. The molecule has 1 unspecified atom stereocenters. The lowest BCUT2D eigenvalue weighted by Gasteiger charge is -2.33. The van der Waals surface area contributed by atoms with Crippen LogP contribution in [0.5, 0.6) is 11.5 Å². The van der Waals surface area contributed by atoms with Crippen LogP contribution in [0, 0.1) is 0 Å². The minimum atomic E-state index is -0.315. The van der Waals surface area contributed by atoms with Crippen molar-refractivity contribution in [3.63, 3.8) is 0 Å². The highest BCUT2D eigenvalue weighted by Crippen LogP contribution is 2.33. The van der Waals surface area contributed by atoms with Gasteiger partial charge in [0.1, 0.15) is 0 Å². The number of fused-ring (bicyclic) bond motifs is 2. The zero-order valence-corrected chi connectivity index (χ0v) is 19.2. The van der Waals surface area contributed by atoms with Crippen LogP contribution in [0.2, 0.25) is 0 Å². The highest BCUT2D eigenvalue weighted by Gasteiger charge is 2.28. The predicted octanol–water partition coefficient (Wildman–Crippen LogP) is 4.31. The number of nitrogens with one attached hydrogen (secondary N) is 1. The lowest BCUT2D eigenvalue weighted by Crippen LogP contribution is -2.44. The molecule has 1 aliphatic rings. The number of benzene rings is 2. The summed E-state index contributed by atoms with van der Waals surface area (Å²) < 4.78 is 10.8. The number of amides is 1. The van der Waals surface area contributed by atoms with Crippen molar-refractivity contribution >= 4 is 16.8 Å². The lowest BCUT2D eigenvalue weighted by molar-refractivity contribution is 0.0726. The molecule has 0 saturated carbocycles. The first kappa shape index (κ1) is 22.2. The molecule has 0 fully saturated rings. The van der Waals surface area contributed by atoms with Crippen LogP contribution in [-0.2, 0) is 12.8 Å². The van der Waals surface area contributed by atoms with E-state index >= 15 is 0 Å². The van der Waals surface area contributed by atoms with Crippen LogP contribution in [0.3, 0.4) is 0 Å². The zero-order valence-electron chi connectivity index (χ0n) is 19.2. The standard InChI is InChI=1S/C26H33N3O3/c1-26(27,11-6-7-19-17-28-22-9-5-4-8-20(19)22)12-14-29-13-10-18-15-23(31-2)24(32-3)16-21(18)25(29)30/h4-5,8-9,15-17,28H,6-7,10-14,27H2,1-3H3. The van der Waals surface area contributed by atoms with Crippen LogP contribution in [0.15, 0.2) is 42.6 Å². The van der Waals surface area contributed by atoms with Crippen LogP contribution in [0.25, 0.3) is 10.9 Å². The summed E-state index contributed by atoms with van der Waals surface area (Å²) >= 11 is 0. The highest BCUT2D eigenvalue weighted by atomic mass is 16.5. The van der Waals surface area contributed by atoms with Gasteiger partial charge in [0.2, 0.25) is 0 Å². The quantitative estimate of drug-likeness (QED) is 0.525. The van der Waals surface area contributed by atoms with Crippen molar-refractivity contribution in [2.75, 3.05) is 27.3 Å². The van der Waals surface area contributed by atoms with Gasteiger partial charge in [-0.1, -0.05) is 18.2 Å². The number of aromatic nitrogens is 1. The number of methoxy groups -OCH3 is 2. The number of hydrogen-bond donors (Lipinski definition) is 2. The molecular weight excluding hydrogens is 402 g/mol. The first-order valence-corrected chi connectivity index (χ1v) is 11.3.